The number of amides is 2. The fourth-order valence-corrected chi connectivity index (χ4v) is 5.78. The molecule has 0 spiro atoms. The van der Waals surface area contributed by atoms with Crippen LogP contribution in [0, 0.1) is 0 Å². The van der Waals surface area contributed by atoms with Gasteiger partial charge in [-0.05, 0) is 31.5 Å². The SMILES string of the molecule is CCOP(=O)(Cc1ccc(NC(=O)CNC(=O)[C@H]2O[C@@H](n3cnc4c(N)ncnc43)[C@@H](O)[C@H]2O)cc1)OCC. The fourth-order valence-electron chi connectivity index (χ4n) is 4.07. The van der Waals surface area contributed by atoms with Gasteiger partial charge < -0.3 is 40.4 Å². The molecule has 1 fully saturated rings. The maximum absolute atomic E-state index is 12.7. The van der Waals surface area contributed by atoms with E-state index in [1.165, 1.54) is 17.2 Å². The number of hydrogen-bond acceptors (Lipinski definition) is 12. The summed E-state index contributed by atoms with van der Waals surface area (Å²) in [6.45, 7) is 3.55. The summed E-state index contributed by atoms with van der Waals surface area (Å²) in [5, 5.41) is 26.0. The van der Waals surface area contributed by atoms with Gasteiger partial charge in [0, 0.05) is 5.69 Å². The summed E-state index contributed by atoms with van der Waals surface area (Å²) in [4.78, 5) is 37.1. The van der Waals surface area contributed by atoms with Crippen LogP contribution in [0.1, 0.15) is 25.6 Å². The van der Waals surface area contributed by atoms with Crippen LogP contribution < -0.4 is 16.4 Å². The molecule has 210 valence electrons. The molecular weight excluding hydrogens is 533 g/mol. The van der Waals surface area contributed by atoms with Crippen LogP contribution in [-0.2, 0) is 34.1 Å². The van der Waals surface area contributed by atoms with Crippen LogP contribution in [0.5, 0.6) is 0 Å². The number of nitrogens with zero attached hydrogens (tertiary/aromatic N) is 4. The number of carbonyl (C=O) groups excluding carboxylic acids is 2. The van der Waals surface area contributed by atoms with Gasteiger partial charge in [-0.2, -0.15) is 0 Å². The van der Waals surface area contributed by atoms with E-state index in [1.807, 2.05) is 0 Å². The lowest BCUT2D eigenvalue weighted by Crippen LogP contribution is -2.45. The molecule has 15 nitrogen and oxygen atoms in total. The van der Waals surface area contributed by atoms with E-state index in [-0.39, 0.29) is 36.4 Å². The number of nitrogens with two attached hydrogens (primary N) is 1. The first kappa shape index (κ1) is 28.5. The monoisotopic (exact) mass is 563 g/mol. The number of nitrogens with one attached hydrogen (secondary N) is 2. The van der Waals surface area contributed by atoms with Crippen molar-refractivity contribution in [3.05, 3.63) is 42.5 Å². The number of anilines is 2. The maximum Gasteiger partial charge on any atom is 0.335 e. The van der Waals surface area contributed by atoms with E-state index >= 15 is 0 Å². The van der Waals surface area contributed by atoms with E-state index in [1.54, 1.807) is 38.1 Å². The number of hydrogen-bond donors (Lipinski definition) is 5. The molecule has 0 aliphatic carbocycles. The van der Waals surface area contributed by atoms with Crippen molar-refractivity contribution in [2.75, 3.05) is 30.8 Å². The van der Waals surface area contributed by atoms with Crippen LogP contribution in [0.15, 0.2) is 36.9 Å². The second-order valence-corrected chi connectivity index (χ2v) is 10.6. The third-order valence-electron chi connectivity index (χ3n) is 5.85. The highest BCUT2D eigenvalue weighted by molar-refractivity contribution is 7.53. The summed E-state index contributed by atoms with van der Waals surface area (Å²) in [6.07, 6.45) is -3.09. The summed E-state index contributed by atoms with van der Waals surface area (Å²) in [5.41, 5.74) is 7.46. The second-order valence-electron chi connectivity index (χ2n) is 8.58. The predicted octanol–water partition coefficient (Wildman–Crippen LogP) is 0.549. The van der Waals surface area contributed by atoms with Crippen LogP contribution in [0.25, 0.3) is 11.2 Å². The molecule has 1 saturated heterocycles. The van der Waals surface area contributed by atoms with Crippen molar-refractivity contribution in [3.63, 3.8) is 0 Å². The molecule has 16 heteroatoms. The average molecular weight is 564 g/mol. The molecule has 1 aromatic carbocycles. The Morgan fingerprint density at radius 1 is 1.10 bits per heavy atom. The van der Waals surface area contributed by atoms with Crippen molar-refractivity contribution in [3.8, 4) is 0 Å². The number of ether oxygens (including phenoxy) is 1. The largest absolute Gasteiger partial charge is 0.387 e. The summed E-state index contributed by atoms with van der Waals surface area (Å²) in [7, 11) is -3.26. The summed E-state index contributed by atoms with van der Waals surface area (Å²) in [6, 6.07) is 6.60. The molecule has 4 rings (SSSR count). The van der Waals surface area contributed by atoms with Gasteiger partial charge in [-0.3, -0.25) is 18.7 Å². The van der Waals surface area contributed by atoms with Gasteiger partial charge in [0.25, 0.3) is 5.91 Å². The Labute approximate surface area is 223 Å². The highest BCUT2D eigenvalue weighted by Gasteiger charge is 2.47. The molecule has 0 unspecified atom stereocenters. The lowest BCUT2D eigenvalue weighted by molar-refractivity contribution is -0.138. The Morgan fingerprint density at radius 2 is 1.79 bits per heavy atom. The number of rotatable bonds is 11. The first-order chi connectivity index (χ1) is 18.7. The van der Waals surface area contributed by atoms with Gasteiger partial charge in [-0.25, -0.2) is 15.0 Å². The zero-order valence-electron chi connectivity index (χ0n) is 21.3. The van der Waals surface area contributed by atoms with Crippen molar-refractivity contribution in [1.82, 2.24) is 24.8 Å². The molecule has 1 aliphatic heterocycles. The molecular formula is C23H30N7O8P. The zero-order chi connectivity index (χ0) is 28.2. The number of nitrogen functional groups attached to an aromatic ring is 1. The average Bonchev–Trinajstić information content (AvgIpc) is 3.46. The topological polar surface area (TPSA) is 213 Å². The van der Waals surface area contributed by atoms with Gasteiger partial charge in [0.1, 0.15) is 24.1 Å². The van der Waals surface area contributed by atoms with Gasteiger partial charge in [-0.15, -0.1) is 0 Å². The van der Waals surface area contributed by atoms with Gasteiger partial charge in [-0.1, -0.05) is 12.1 Å². The van der Waals surface area contributed by atoms with Crippen LogP contribution in [0.2, 0.25) is 0 Å². The summed E-state index contributed by atoms with van der Waals surface area (Å²) < 4.78 is 30.2. The molecule has 39 heavy (non-hydrogen) atoms. The van der Waals surface area contributed by atoms with Crippen LogP contribution in [0.3, 0.4) is 0 Å². The third kappa shape index (κ3) is 6.41. The van der Waals surface area contributed by atoms with Crippen LogP contribution in [-0.4, -0.2) is 79.6 Å². The standard InChI is InChI=1S/C23H30N7O8P/c1-3-36-39(35,37-4-2)10-13-5-7-14(8-6-13)29-15(31)9-25-22(34)19-17(32)18(33)23(38-19)30-12-28-16-20(24)26-11-27-21(16)30/h5-8,11-12,17-19,23,32-33H,3-4,9-10H2,1-2H3,(H,25,34)(H,29,31)(H2,24,26,27)/t17-,18+,19+,23-/m1/s1. The highest BCUT2D eigenvalue weighted by atomic mass is 31.2. The normalized spacial score (nSPS) is 21.2. The summed E-state index contributed by atoms with van der Waals surface area (Å²) >= 11 is 0. The number of imidazole rings is 1. The van der Waals surface area contributed by atoms with Gasteiger partial charge in [0.2, 0.25) is 5.91 Å². The minimum absolute atomic E-state index is 0.0880. The molecule has 0 saturated carbocycles. The van der Waals surface area contributed by atoms with Crippen molar-refractivity contribution >= 4 is 42.1 Å². The third-order valence-corrected chi connectivity index (χ3v) is 7.90. The van der Waals surface area contributed by atoms with E-state index in [0.29, 0.717) is 11.3 Å². The number of aromatic nitrogens is 4. The minimum Gasteiger partial charge on any atom is -0.387 e. The first-order valence-corrected chi connectivity index (χ1v) is 13.9. The molecule has 4 atom stereocenters. The maximum atomic E-state index is 12.7. The van der Waals surface area contributed by atoms with Crippen molar-refractivity contribution in [2.24, 2.45) is 0 Å². The van der Waals surface area contributed by atoms with Crippen LogP contribution in [0.4, 0.5) is 11.5 Å². The van der Waals surface area contributed by atoms with Crippen LogP contribution >= 0.6 is 7.60 Å². The number of carbonyl (C=O) groups is 2. The molecule has 0 radical (unpaired) electrons. The Bertz CT molecular complexity index is 1360. The van der Waals surface area contributed by atoms with Gasteiger partial charge in [0.15, 0.2) is 23.8 Å². The van der Waals surface area contributed by atoms with Crippen molar-refractivity contribution in [2.45, 2.75) is 44.5 Å². The lowest BCUT2D eigenvalue weighted by Gasteiger charge is -2.17. The smallest absolute Gasteiger partial charge is 0.335 e. The van der Waals surface area contributed by atoms with E-state index < -0.39 is 50.5 Å². The lowest BCUT2D eigenvalue weighted by atomic mass is 10.1. The first-order valence-electron chi connectivity index (χ1n) is 12.1. The number of aliphatic hydroxyl groups excluding tert-OH is 2. The second kappa shape index (κ2) is 12.2. The Balaban J connectivity index is 1.31. The van der Waals surface area contributed by atoms with E-state index in [0.717, 1.165) is 0 Å². The number of benzene rings is 1. The number of fused-ring (bicyclic) bond motifs is 1. The highest BCUT2D eigenvalue weighted by Crippen LogP contribution is 2.51. The minimum atomic E-state index is -3.26. The molecule has 0 bridgehead atoms. The van der Waals surface area contributed by atoms with E-state index in [4.69, 9.17) is 19.5 Å². The van der Waals surface area contributed by atoms with E-state index in [2.05, 4.69) is 25.6 Å². The molecule has 2 aromatic heterocycles. The van der Waals surface area contributed by atoms with Gasteiger partial charge in [0.05, 0.1) is 32.2 Å². The summed E-state index contributed by atoms with van der Waals surface area (Å²) in [5.74, 6) is -1.21. The predicted molar refractivity (Wildman–Crippen MR) is 138 cm³/mol. The zero-order valence-corrected chi connectivity index (χ0v) is 22.2. The van der Waals surface area contributed by atoms with E-state index in [9.17, 15) is 24.4 Å². The fraction of sp³-hybridized carbons (Fsp3) is 0.435. The molecule has 1 aliphatic rings. The molecule has 3 heterocycles. The van der Waals surface area contributed by atoms with Crippen molar-refractivity contribution in [1.29, 1.82) is 0 Å². The molecule has 3 aromatic rings. The van der Waals surface area contributed by atoms with Crippen molar-refractivity contribution < 1.29 is 38.2 Å². The number of aliphatic hydroxyl groups is 2. The molecule has 6 N–H and O–H groups in total. The van der Waals surface area contributed by atoms with Gasteiger partial charge >= 0.3 is 7.60 Å². The Kier molecular flexibility index (Phi) is 8.90. The quantitative estimate of drug-likeness (QED) is 0.202. The Morgan fingerprint density at radius 3 is 2.46 bits per heavy atom. The Hall–Kier alpha value is -3.46. The molecule has 2 amide bonds.